The summed E-state index contributed by atoms with van der Waals surface area (Å²) in [7, 11) is 0. The first-order chi connectivity index (χ1) is 12.8. The minimum atomic E-state index is -0.0860. The van der Waals surface area contributed by atoms with Gasteiger partial charge in [-0.05, 0) is 92.1 Å². The monoisotopic (exact) mass is 379 g/mol. The highest BCUT2D eigenvalue weighted by Gasteiger charge is 2.11. The quantitative estimate of drug-likeness (QED) is 0.580. The maximum atomic E-state index is 12.5. The van der Waals surface area contributed by atoms with E-state index in [0.29, 0.717) is 11.5 Å². The van der Waals surface area contributed by atoms with Crippen LogP contribution in [0.3, 0.4) is 0 Å². The van der Waals surface area contributed by atoms with Gasteiger partial charge in [-0.1, -0.05) is 12.1 Å². The van der Waals surface area contributed by atoms with Crippen molar-refractivity contribution in [1.29, 1.82) is 0 Å². The zero-order chi connectivity index (χ0) is 19.6. The molecule has 0 saturated heterocycles. The van der Waals surface area contributed by atoms with Crippen molar-refractivity contribution >= 4 is 22.9 Å². The lowest BCUT2D eigenvalue weighted by Gasteiger charge is -2.11. The molecule has 3 nitrogen and oxygen atoms in total. The highest BCUT2D eigenvalue weighted by atomic mass is 32.1. The minimum Gasteiger partial charge on any atom is -0.489 e. The van der Waals surface area contributed by atoms with Crippen LogP contribution in [0.25, 0.3) is 0 Å². The number of anilines is 1. The second-order valence-corrected chi connectivity index (χ2v) is 7.98. The van der Waals surface area contributed by atoms with Gasteiger partial charge in [0.05, 0.1) is 4.88 Å². The predicted octanol–water partition coefficient (Wildman–Crippen LogP) is 6.12. The first-order valence-corrected chi connectivity index (χ1v) is 9.88. The van der Waals surface area contributed by atoms with Crippen molar-refractivity contribution in [2.75, 3.05) is 5.32 Å². The molecule has 0 unspecified atom stereocenters. The lowest BCUT2D eigenvalue weighted by Crippen LogP contribution is -2.10. The van der Waals surface area contributed by atoms with Crippen molar-refractivity contribution < 1.29 is 9.53 Å². The van der Waals surface area contributed by atoms with Gasteiger partial charge in [0.2, 0.25) is 0 Å². The molecule has 4 heteroatoms. The van der Waals surface area contributed by atoms with Gasteiger partial charge in [0.15, 0.2) is 0 Å². The van der Waals surface area contributed by atoms with Gasteiger partial charge in [-0.25, -0.2) is 0 Å². The maximum Gasteiger partial charge on any atom is 0.265 e. The molecule has 0 spiro atoms. The third kappa shape index (κ3) is 4.58. The molecule has 0 aliphatic rings. The second kappa shape index (κ2) is 7.97. The highest BCUT2D eigenvalue weighted by Crippen LogP contribution is 2.25. The van der Waals surface area contributed by atoms with Crippen LogP contribution in [0.2, 0.25) is 0 Å². The van der Waals surface area contributed by atoms with Crippen molar-refractivity contribution in [3.05, 3.63) is 80.0 Å². The summed E-state index contributed by atoms with van der Waals surface area (Å²) in [5.41, 5.74) is 7.77. The van der Waals surface area contributed by atoms with Gasteiger partial charge in [-0.15, -0.1) is 11.3 Å². The van der Waals surface area contributed by atoms with Crippen LogP contribution in [0.4, 0.5) is 5.69 Å². The van der Waals surface area contributed by atoms with Crippen LogP contribution in [-0.2, 0) is 6.61 Å². The van der Waals surface area contributed by atoms with Crippen LogP contribution >= 0.6 is 11.3 Å². The van der Waals surface area contributed by atoms with Gasteiger partial charge in [0, 0.05) is 11.3 Å². The number of benzene rings is 2. The molecule has 0 fully saturated rings. The van der Waals surface area contributed by atoms with Crippen LogP contribution in [-0.4, -0.2) is 5.91 Å². The molecule has 3 rings (SSSR count). The Balaban J connectivity index is 1.66. The summed E-state index contributed by atoms with van der Waals surface area (Å²) < 4.78 is 6.00. The first-order valence-electron chi connectivity index (χ1n) is 9.00. The van der Waals surface area contributed by atoms with Gasteiger partial charge in [-0.3, -0.25) is 4.79 Å². The third-order valence-corrected chi connectivity index (χ3v) is 5.78. The van der Waals surface area contributed by atoms with Crippen molar-refractivity contribution in [2.24, 2.45) is 0 Å². The number of hydrogen-bond acceptors (Lipinski definition) is 3. The van der Waals surface area contributed by atoms with E-state index in [1.54, 1.807) is 0 Å². The van der Waals surface area contributed by atoms with Gasteiger partial charge < -0.3 is 10.1 Å². The maximum absolute atomic E-state index is 12.5. The summed E-state index contributed by atoms with van der Waals surface area (Å²) in [6.45, 7) is 10.8. The number of ether oxygens (including phenoxy) is 1. The van der Waals surface area contributed by atoms with Crippen molar-refractivity contribution in [3.63, 3.8) is 0 Å². The number of nitrogens with one attached hydrogen (secondary N) is 1. The van der Waals surface area contributed by atoms with Crippen molar-refractivity contribution in [3.8, 4) is 5.75 Å². The van der Waals surface area contributed by atoms with Crippen LogP contribution in [0, 0.1) is 34.6 Å². The fourth-order valence-corrected chi connectivity index (χ4v) is 3.69. The summed E-state index contributed by atoms with van der Waals surface area (Å²) >= 11 is 1.44. The zero-order valence-corrected chi connectivity index (χ0v) is 17.3. The van der Waals surface area contributed by atoms with E-state index < -0.39 is 0 Å². The molecule has 0 aliphatic heterocycles. The SMILES string of the molecule is Cc1cc(C)c(C)c(OCc2csc(C(=O)Nc3ccc(C)c(C)c3)c2)c1. The Labute approximate surface area is 165 Å². The molecular formula is C23H25NO2S. The van der Waals surface area contributed by atoms with Gasteiger partial charge in [-0.2, -0.15) is 0 Å². The lowest BCUT2D eigenvalue weighted by atomic mass is 10.1. The average Bonchev–Trinajstić information content (AvgIpc) is 3.09. The van der Waals surface area contributed by atoms with E-state index in [9.17, 15) is 4.79 Å². The molecule has 0 radical (unpaired) electrons. The average molecular weight is 380 g/mol. The Morgan fingerprint density at radius 1 is 0.963 bits per heavy atom. The first kappa shape index (κ1) is 19.2. The second-order valence-electron chi connectivity index (χ2n) is 7.07. The molecule has 0 aliphatic carbocycles. The number of rotatable bonds is 5. The Morgan fingerprint density at radius 3 is 2.48 bits per heavy atom. The molecule has 140 valence electrons. The van der Waals surface area contributed by atoms with Crippen LogP contribution in [0.15, 0.2) is 41.8 Å². The number of carbonyl (C=O) groups is 1. The van der Waals surface area contributed by atoms with Crippen LogP contribution in [0.1, 0.15) is 43.1 Å². The smallest absolute Gasteiger partial charge is 0.265 e. The molecule has 3 aromatic rings. The predicted molar refractivity (Wildman–Crippen MR) is 113 cm³/mol. The van der Waals surface area contributed by atoms with Gasteiger partial charge >= 0.3 is 0 Å². The number of amides is 1. The molecule has 27 heavy (non-hydrogen) atoms. The van der Waals surface area contributed by atoms with E-state index in [4.69, 9.17) is 4.74 Å². The number of thiophene rings is 1. The normalized spacial score (nSPS) is 10.7. The number of aryl methyl sites for hydroxylation is 4. The molecule has 2 aromatic carbocycles. The van der Waals surface area contributed by atoms with E-state index in [0.717, 1.165) is 28.1 Å². The summed E-state index contributed by atoms with van der Waals surface area (Å²) in [6, 6.07) is 12.1. The lowest BCUT2D eigenvalue weighted by molar-refractivity contribution is 0.103. The van der Waals surface area contributed by atoms with Crippen LogP contribution < -0.4 is 10.1 Å². The van der Waals surface area contributed by atoms with E-state index >= 15 is 0 Å². The van der Waals surface area contributed by atoms with E-state index in [1.165, 1.54) is 28.0 Å². The van der Waals surface area contributed by atoms with Gasteiger partial charge in [0.1, 0.15) is 12.4 Å². The van der Waals surface area contributed by atoms with Crippen molar-refractivity contribution in [1.82, 2.24) is 0 Å². The summed E-state index contributed by atoms with van der Waals surface area (Å²) in [6.07, 6.45) is 0. The van der Waals surface area contributed by atoms with E-state index in [2.05, 4.69) is 45.1 Å². The van der Waals surface area contributed by atoms with Crippen molar-refractivity contribution in [2.45, 2.75) is 41.2 Å². The molecular weight excluding hydrogens is 354 g/mol. The molecule has 0 saturated carbocycles. The molecule has 1 heterocycles. The Hall–Kier alpha value is -2.59. The number of carbonyl (C=O) groups excluding carboxylic acids is 1. The fourth-order valence-electron chi connectivity index (χ4n) is 2.89. The topological polar surface area (TPSA) is 38.3 Å². The largest absolute Gasteiger partial charge is 0.489 e. The summed E-state index contributed by atoms with van der Waals surface area (Å²) in [5.74, 6) is 0.817. The highest BCUT2D eigenvalue weighted by molar-refractivity contribution is 7.12. The van der Waals surface area contributed by atoms with Crippen LogP contribution in [0.5, 0.6) is 5.75 Å². The standard InChI is InChI=1S/C23H25NO2S/c1-14-8-17(4)18(5)21(9-14)26-12-19-11-22(27-13-19)23(25)24-20-7-6-15(2)16(3)10-20/h6-11,13H,12H2,1-5H3,(H,24,25). The molecule has 1 aromatic heterocycles. The Morgan fingerprint density at radius 2 is 1.74 bits per heavy atom. The Bertz CT molecular complexity index is 988. The summed E-state index contributed by atoms with van der Waals surface area (Å²) in [4.78, 5) is 13.2. The molecule has 1 amide bonds. The summed E-state index contributed by atoms with van der Waals surface area (Å²) in [5, 5.41) is 4.95. The molecule has 1 N–H and O–H groups in total. The zero-order valence-electron chi connectivity index (χ0n) is 16.5. The van der Waals surface area contributed by atoms with E-state index in [1.807, 2.05) is 36.6 Å². The van der Waals surface area contributed by atoms with Gasteiger partial charge in [0.25, 0.3) is 5.91 Å². The minimum absolute atomic E-state index is 0.0860. The Kier molecular flexibility index (Phi) is 5.66. The fraction of sp³-hybridized carbons (Fsp3) is 0.261. The molecule has 0 bridgehead atoms. The molecule has 0 atom stereocenters. The number of hydrogen-bond donors (Lipinski definition) is 1. The van der Waals surface area contributed by atoms with E-state index in [-0.39, 0.29) is 5.91 Å². The third-order valence-electron chi connectivity index (χ3n) is 4.80.